The summed E-state index contributed by atoms with van der Waals surface area (Å²) in [5.74, 6) is 2.04. The zero-order chi connectivity index (χ0) is 17.2. The van der Waals surface area contributed by atoms with Gasteiger partial charge >= 0.3 is 0 Å². The van der Waals surface area contributed by atoms with Gasteiger partial charge < -0.3 is 10.2 Å². The summed E-state index contributed by atoms with van der Waals surface area (Å²) in [6.07, 6.45) is 5.19. The maximum absolute atomic E-state index is 12.1. The first-order valence-corrected chi connectivity index (χ1v) is 9.18. The van der Waals surface area contributed by atoms with Crippen molar-refractivity contribution in [2.24, 2.45) is 5.92 Å². The van der Waals surface area contributed by atoms with Crippen LogP contribution < -0.4 is 10.2 Å². The van der Waals surface area contributed by atoms with Crippen molar-refractivity contribution >= 4 is 11.7 Å². The highest BCUT2D eigenvalue weighted by Gasteiger charge is 2.29. The fraction of sp³-hybridized carbons (Fsp3) is 0.450. The molecular weight excluding hydrogens is 312 g/mol. The summed E-state index contributed by atoms with van der Waals surface area (Å²) >= 11 is 0. The number of anilines is 1. The van der Waals surface area contributed by atoms with Gasteiger partial charge in [0.05, 0.1) is 5.92 Å². The maximum atomic E-state index is 12.1. The molecule has 2 heterocycles. The number of aryl methyl sites for hydroxylation is 1. The van der Waals surface area contributed by atoms with Crippen LogP contribution in [0, 0.1) is 5.92 Å². The van der Waals surface area contributed by atoms with Gasteiger partial charge in [0.25, 0.3) is 0 Å². The summed E-state index contributed by atoms with van der Waals surface area (Å²) in [5.41, 5.74) is 3.53. The molecule has 5 nitrogen and oxygen atoms in total. The lowest BCUT2D eigenvalue weighted by atomic mass is 9.96. The first-order chi connectivity index (χ1) is 12.3. The molecule has 1 aromatic heterocycles. The van der Waals surface area contributed by atoms with Crippen LogP contribution in [0.1, 0.15) is 30.5 Å². The molecule has 5 heteroatoms. The standard InChI is InChI=1S/C20H24N4O/c1-21-20(25)15-9-6-12-24(13-15)19-16-10-5-11-17(16)22-18(23-19)14-7-3-2-4-8-14/h2-4,7-8,15H,5-6,9-13H2,1H3,(H,21,25)/t15-/m1/s1. The monoisotopic (exact) mass is 336 g/mol. The van der Waals surface area contributed by atoms with E-state index in [4.69, 9.17) is 9.97 Å². The molecule has 0 spiro atoms. The molecule has 4 rings (SSSR count). The van der Waals surface area contributed by atoms with Crippen LogP contribution in [0.25, 0.3) is 11.4 Å². The van der Waals surface area contributed by atoms with Gasteiger partial charge in [-0.3, -0.25) is 4.79 Å². The smallest absolute Gasteiger partial charge is 0.224 e. The van der Waals surface area contributed by atoms with Gasteiger partial charge in [-0.1, -0.05) is 30.3 Å². The number of fused-ring (bicyclic) bond motifs is 1. The number of piperidine rings is 1. The van der Waals surface area contributed by atoms with Crippen LogP contribution in [0.3, 0.4) is 0 Å². The average Bonchev–Trinajstić information content (AvgIpc) is 3.16. The molecule has 1 atom stereocenters. The minimum Gasteiger partial charge on any atom is -0.359 e. The van der Waals surface area contributed by atoms with Crippen LogP contribution in [-0.2, 0) is 17.6 Å². The van der Waals surface area contributed by atoms with E-state index in [2.05, 4.69) is 22.3 Å². The Balaban J connectivity index is 1.71. The summed E-state index contributed by atoms with van der Waals surface area (Å²) in [7, 11) is 1.72. The highest BCUT2D eigenvalue weighted by Crippen LogP contribution is 2.33. The lowest BCUT2D eigenvalue weighted by Gasteiger charge is -2.34. The molecule has 0 radical (unpaired) electrons. The summed E-state index contributed by atoms with van der Waals surface area (Å²) in [6.45, 7) is 1.71. The number of aromatic nitrogens is 2. The van der Waals surface area contributed by atoms with Crippen molar-refractivity contribution in [1.29, 1.82) is 0 Å². The van der Waals surface area contributed by atoms with Gasteiger partial charge in [-0.2, -0.15) is 0 Å². The Bertz CT molecular complexity index is 775. The van der Waals surface area contributed by atoms with E-state index in [9.17, 15) is 4.79 Å². The van der Waals surface area contributed by atoms with E-state index in [1.165, 1.54) is 11.3 Å². The molecule has 1 aliphatic carbocycles. The van der Waals surface area contributed by atoms with Crippen LogP contribution in [-0.4, -0.2) is 36.0 Å². The van der Waals surface area contributed by atoms with Gasteiger partial charge in [-0.05, 0) is 32.1 Å². The third kappa shape index (κ3) is 3.11. The number of carbonyl (C=O) groups excluding carboxylic acids is 1. The van der Waals surface area contributed by atoms with Crippen LogP contribution >= 0.6 is 0 Å². The van der Waals surface area contributed by atoms with Crippen molar-refractivity contribution in [2.75, 3.05) is 25.0 Å². The molecule has 130 valence electrons. The molecular formula is C20H24N4O. The van der Waals surface area contributed by atoms with Gasteiger partial charge in [-0.15, -0.1) is 0 Å². The van der Waals surface area contributed by atoms with Crippen LogP contribution in [0.15, 0.2) is 30.3 Å². The number of rotatable bonds is 3. The number of hydrogen-bond donors (Lipinski definition) is 1. The number of nitrogens with one attached hydrogen (secondary N) is 1. The summed E-state index contributed by atoms with van der Waals surface area (Å²) in [4.78, 5) is 24.2. The Hall–Kier alpha value is -2.43. The fourth-order valence-electron chi connectivity index (χ4n) is 3.98. The van der Waals surface area contributed by atoms with Gasteiger partial charge in [-0.25, -0.2) is 9.97 Å². The SMILES string of the molecule is CNC(=O)[C@@H]1CCCN(c2nc(-c3ccccc3)nc3c2CCC3)C1. The van der Waals surface area contributed by atoms with E-state index in [0.29, 0.717) is 0 Å². The molecule has 0 unspecified atom stereocenters. The molecule has 0 bridgehead atoms. The van der Waals surface area contributed by atoms with Crippen molar-refractivity contribution in [1.82, 2.24) is 15.3 Å². The predicted octanol–water partition coefficient (Wildman–Crippen LogP) is 2.59. The molecule has 25 heavy (non-hydrogen) atoms. The van der Waals surface area contributed by atoms with E-state index >= 15 is 0 Å². The molecule has 1 fully saturated rings. The second-order valence-corrected chi connectivity index (χ2v) is 6.92. The van der Waals surface area contributed by atoms with E-state index < -0.39 is 0 Å². The Morgan fingerprint density at radius 1 is 1.16 bits per heavy atom. The fourth-order valence-corrected chi connectivity index (χ4v) is 3.98. The largest absolute Gasteiger partial charge is 0.359 e. The topological polar surface area (TPSA) is 58.1 Å². The number of nitrogens with zero attached hydrogens (tertiary/aromatic N) is 3. The Morgan fingerprint density at radius 3 is 2.80 bits per heavy atom. The van der Waals surface area contributed by atoms with Crippen molar-refractivity contribution in [3.63, 3.8) is 0 Å². The normalized spacial score (nSPS) is 19.6. The molecule has 1 aromatic carbocycles. The van der Waals surface area contributed by atoms with Gasteiger partial charge in [0.1, 0.15) is 5.82 Å². The van der Waals surface area contributed by atoms with Crippen LogP contribution in [0.5, 0.6) is 0 Å². The van der Waals surface area contributed by atoms with E-state index in [1.807, 2.05) is 18.2 Å². The summed E-state index contributed by atoms with van der Waals surface area (Å²) in [5, 5.41) is 2.80. The first-order valence-electron chi connectivity index (χ1n) is 9.18. The third-order valence-corrected chi connectivity index (χ3v) is 5.28. The third-order valence-electron chi connectivity index (χ3n) is 5.28. The minimum atomic E-state index is 0.0472. The molecule has 1 N–H and O–H groups in total. The zero-order valence-electron chi connectivity index (χ0n) is 14.7. The number of benzene rings is 1. The molecule has 1 aliphatic heterocycles. The Kier molecular flexibility index (Phi) is 4.38. The van der Waals surface area contributed by atoms with Crippen molar-refractivity contribution in [2.45, 2.75) is 32.1 Å². The molecule has 1 amide bonds. The van der Waals surface area contributed by atoms with Crippen LogP contribution in [0.2, 0.25) is 0 Å². The quantitative estimate of drug-likeness (QED) is 0.936. The molecule has 1 saturated heterocycles. The molecule has 0 saturated carbocycles. The first kappa shape index (κ1) is 16.1. The second-order valence-electron chi connectivity index (χ2n) is 6.92. The van der Waals surface area contributed by atoms with Gasteiger partial charge in [0.15, 0.2) is 5.82 Å². The van der Waals surface area contributed by atoms with E-state index in [-0.39, 0.29) is 11.8 Å². The highest BCUT2D eigenvalue weighted by atomic mass is 16.1. The zero-order valence-corrected chi connectivity index (χ0v) is 14.7. The maximum Gasteiger partial charge on any atom is 0.224 e. The summed E-state index contributed by atoms with van der Waals surface area (Å²) < 4.78 is 0. The van der Waals surface area contributed by atoms with Crippen LogP contribution in [0.4, 0.5) is 5.82 Å². The average molecular weight is 336 g/mol. The van der Waals surface area contributed by atoms with Crippen molar-refractivity contribution in [3.05, 3.63) is 41.6 Å². The Morgan fingerprint density at radius 2 is 2.00 bits per heavy atom. The number of carbonyl (C=O) groups is 1. The number of hydrogen-bond acceptors (Lipinski definition) is 4. The van der Waals surface area contributed by atoms with Gasteiger partial charge in [0, 0.05) is 37.0 Å². The highest BCUT2D eigenvalue weighted by molar-refractivity contribution is 5.79. The lowest BCUT2D eigenvalue weighted by molar-refractivity contribution is -0.124. The Labute approximate surface area is 148 Å². The van der Waals surface area contributed by atoms with Crippen molar-refractivity contribution < 1.29 is 4.79 Å². The lowest BCUT2D eigenvalue weighted by Crippen LogP contribution is -2.43. The summed E-state index contributed by atoms with van der Waals surface area (Å²) in [6, 6.07) is 10.2. The molecule has 2 aliphatic rings. The van der Waals surface area contributed by atoms with E-state index in [0.717, 1.165) is 62.4 Å². The van der Waals surface area contributed by atoms with E-state index in [1.54, 1.807) is 7.05 Å². The number of amides is 1. The predicted molar refractivity (Wildman–Crippen MR) is 98.5 cm³/mol. The van der Waals surface area contributed by atoms with Crippen molar-refractivity contribution in [3.8, 4) is 11.4 Å². The molecule has 2 aromatic rings. The minimum absolute atomic E-state index is 0.0472. The second kappa shape index (κ2) is 6.82. The van der Waals surface area contributed by atoms with Gasteiger partial charge in [0.2, 0.25) is 5.91 Å².